The largest absolute Gasteiger partial charge is 0.416 e. The molecule has 3 atom stereocenters. The molecule has 0 N–H and O–H groups in total. The molecule has 0 aromatic heterocycles. The number of piperazine rings is 1. The van der Waals surface area contributed by atoms with E-state index in [0.717, 1.165) is 4.90 Å². The van der Waals surface area contributed by atoms with E-state index in [1.807, 2.05) is 0 Å². The molecule has 0 radical (unpaired) electrons. The van der Waals surface area contributed by atoms with Gasteiger partial charge in [0.25, 0.3) is 0 Å². The van der Waals surface area contributed by atoms with E-state index in [2.05, 4.69) is 0 Å². The minimum absolute atomic E-state index is 0.0349. The molecular weight excluding hydrogens is 609 g/mol. The standard InChI is InChI=1S/C31H35F7N4O3/c1-18-13-25(32)5-6-26(18)27-16-21(28(44)41-11-9-40(10-12-41)20(3)43)7-8-42(27)29(45)39(4)19(2)22-14-23(30(33,34)35)17-24(15-22)31(36,37)38/h5-6,13-15,17,19,21,27H,7-12,16H2,1-4H3/t19-,21+,27-/m1/s1. The van der Waals surface area contributed by atoms with Crippen molar-refractivity contribution < 1.29 is 45.1 Å². The maximum absolute atomic E-state index is 14.0. The van der Waals surface area contributed by atoms with E-state index >= 15 is 0 Å². The van der Waals surface area contributed by atoms with E-state index in [9.17, 15) is 45.1 Å². The molecule has 4 amide bonds. The Morgan fingerprint density at radius 3 is 1.93 bits per heavy atom. The molecule has 2 aliphatic heterocycles. The van der Waals surface area contributed by atoms with Crippen molar-refractivity contribution in [3.05, 3.63) is 70.0 Å². The van der Waals surface area contributed by atoms with Gasteiger partial charge in [-0.25, -0.2) is 9.18 Å². The highest BCUT2D eigenvalue weighted by molar-refractivity contribution is 5.81. The Hall–Kier alpha value is -3.84. The highest BCUT2D eigenvalue weighted by Gasteiger charge is 2.41. The summed E-state index contributed by atoms with van der Waals surface area (Å²) in [4.78, 5) is 45.0. The third kappa shape index (κ3) is 7.52. The maximum atomic E-state index is 14.0. The van der Waals surface area contributed by atoms with Gasteiger partial charge < -0.3 is 19.6 Å². The first-order valence-corrected chi connectivity index (χ1v) is 14.5. The van der Waals surface area contributed by atoms with Crippen molar-refractivity contribution in [3.8, 4) is 0 Å². The molecule has 2 fully saturated rings. The van der Waals surface area contributed by atoms with Crippen LogP contribution in [0.5, 0.6) is 0 Å². The van der Waals surface area contributed by atoms with Crippen LogP contribution in [0.15, 0.2) is 36.4 Å². The van der Waals surface area contributed by atoms with Gasteiger partial charge in [0.05, 0.1) is 23.2 Å². The van der Waals surface area contributed by atoms with Crippen LogP contribution in [-0.4, -0.2) is 77.2 Å². The number of piperidine rings is 1. The number of benzene rings is 2. The van der Waals surface area contributed by atoms with Crippen LogP contribution in [0.1, 0.15) is 66.6 Å². The van der Waals surface area contributed by atoms with Crippen LogP contribution in [0.3, 0.4) is 0 Å². The average molecular weight is 645 g/mol. The van der Waals surface area contributed by atoms with Crippen molar-refractivity contribution in [2.45, 2.75) is 58.0 Å². The predicted octanol–water partition coefficient (Wildman–Crippen LogP) is 6.43. The minimum atomic E-state index is -5.04. The number of carbonyl (C=O) groups is 3. The fourth-order valence-electron chi connectivity index (χ4n) is 6.04. The van der Waals surface area contributed by atoms with Crippen molar-refractivity contribution >= 4 is 17.8 Å². The number of hydrogen-bond donors (Lipinski definition) is 0. The number of rotatable bonds is 4. The van der Waals surface area contributed by atoms with Gasteiger partial charge in [-0.05, 0) is 73.7 Å². The molecule has 0 spiro atoms. The first-order valence-electron chi connectivity index (χ1n) is 14.5. The van der Waals surface area contributed by atoms with Crippen LogP contribution >= 0.6 is 0 Å². The molecule has 45 heavy (non-hydrogen) atoms. The van der Waals surface area contributed by atoms with Gasteiger partial charge in [-0.2, -0.15) is 26.3 Å². The zero-order valence-electron chi connectivity index (χ0n) is 25.3. The van der Waals surface area contributed by atoms with Crippen LogP contribution < -0.4 is 0 Å². The van der Waals surface area contributed by atoms with Gasteiger partial charge in [-0.3, -0.25) is 9.59 Å². The first-order chi connectivity index (χ1) is 20.9. The van der Waals surface area contributed by atoms with E-state index in [1.54, 1.807) is 16.7 Å². The SMILES string of the molecule is CC(=O)N1CCN(C(=O)[C@H]2CCN(C(=O)N(C)[C@H](C)c3cc(C(F)(F)F)cc(C(F)(F)F)c3)[C@@H](c3ccc(F)cc3C)C2)CC1. The quantitative estimate of drug-likeness (QED) is 0.361. The molecule has 2 saturated heterocycles. The molecule has 7 nitrogen and oxygen atoms in total. The Labute approximate surface area is 256 Å². The summed E-state index contributed by atoms with van der Waals surface area (Å²) >= 11 is 0. The van der Waals surface area contributed by atoms with Crippen LogP contribution in [0.4, 0.5) is 35.5 Å². The fraction of sp³-hybridized carbons (Fsp3) is 0.516. The van der Waals surface area contributed by atoms with Gasteiger partial charge in [-0.1, -0.05) is 6.07 Å². The zero-order chi connectivity index (χ0) is 33.4. The fourth-order valence-corrected chi connectivity index (χ4v) is 6.04. The van der Waals surface area contributed by atoms with Crippen LogP contribution in [-0.2, 0) is 21.9 Å². The number of nitrogens with zero attached hydrogens (tertiary/aromatic N) is 4. The highest BCUT2D eigenvalue weighted by Crippen LogP contribution is 2.40. The van der Waals surface area contributed by atoms with Crippen LogP contribution in [0, 0.1) is 18.7 Å². The summed E-state index contributed by atoms with van der Waals surface area (Å²) < 4.78 is 95.1. The molecule has 246 valence electrons. The molecule has 2 aromatic rings. The lowest BCUT2D eigenvalue weighted by atomic mass is 9.84. The maximum Gasteiger partial charge on any atom is 0.416 e. The normalized spacial score (nSPS) is 20.2. The van der Waals surface area contributed by atoms with Gasteiger partial charge in [0.1, 0.15) is 5.82 Å². The Morgan fingerprint density at radius 1 is 0.867 bits per heavy atom. The van der Waals surface area contributed by atoms with Gasteiger partial charge >= 0.3 is 18.4 Å². The summed E-state index contributed by atoms with van der Waals surface area (Å²) in [6, 6.07) is 2.69. The first kappa shape index (κ1) is 34.0. The molecule has 0 aliphatic carbocycles. The van der Waals surface area contributed by atoms with Gasteiger partial charge in [0.2, 0.25) is 11.8 Å². The molecule has 0 saturated carbocycles. The number of alkyl halides is 6. The molecule has 2 aromatic carbocycles. The minimum Gasteiger partial charge on any atom is -0.339 e. The average Bonchev–Trinajstić information content (AvgIpc) is 2.98. The lowest BCUT2D eigenvalue weighted by Crippen LogP contribution is -2.54. The van der Waals surface area contributed by atoms with Crippen molar-refractivity contribution in [3.63, 3.8) is 0 Å². The monoisotopic (exact) mass is 644 g/mol. The lowest BCUT2D eigenvalue weighted by Gasteiger charge is -2.44. The van der Waals surface area contributed by atoms with Crippen LogP contribution in [0.2, 0.25) is 0 Å². The van der Waals surface area contributed by atoms with Crippen molar-refractivity contribution in [2.24, 2.45) is 5.92 Å². The predicted molar refractivity (Wildman–Crippen MR) is 150 cm³/mol. The van der Waals surface area contributed by atoms with E-state index in [4.69, 9.17) is 0 Å². The number of hydrogen-bond acceptors (Lipinski definition) is 3. The Bertz CT molecular complexity index is 1400. The summed E-state index contributed by atoms with van der Waals surface area (Å²) in [5, 5.41) is 0. The third-order valence-electron chi connectivity index (χ3n) is 8.80. The van der Waals surface area contributed by atoms with Gasteiger partial charge in [0, 0.05) is 52.6 Å². The smallest absolute Gasteiger partial charge is 0.339 e. The highest BCUT2D eigenvalue weighted by atomic mass is 19.4. The van der Waals surface area contributed by atoms with Crippen molar-refractivity contribution in [2.75, 3.05) is 39.8 Å². The second-order valence-electron chi connectivity index (χ2n) is 11.7. The third-order valence-corrected chi connectivity index (χ3v) is 8.80. The number of likely N-dealkylation sites (tertiary alicyclic amines) is 1. The Kier molecular flexibility index (Phi) is 9.74. The van der Waals surface area contributed by atoms with Crippen molar-refractivity contribution in [1.82, 2.24) is 19.6 Å². The van der Waals surface area contributed by atoms with Gasteiger partial charge in [0.15, 0.2) is 0 Å². The zero-order valence-corrected chi connectivity index (χ0v) is 25.3. The molecule has 2 heterocycles. The van der Waals surface area contributed by atoms with E-state index < -0.39 is 53.3 Å². The summed E-state index contributed by atoms with van der Waals surface area (Å²) in [5.74, 6) is -1.23. The summed E-state index contributed by atoms with van der Waals surface area (Å²) in [5.41, 5.74) is -2.23. The summed E-state index contributed by atoms with van der Waals surface area (Å²) in [6.45, 7) is 6.02. The summed E-state index contributed by atoms with van der Waals surface area (Å²) in [7, 11) is 1.29. The molecular formula is C31H35F7N4O3. The number of halogens is 7. The van der Waals surface area contributed by atoms with Crippen molar-refractivity contribution in [1.29, 1.82) is 0 Å². The second-order valence-corrected chi connectivity index (χ2v) is 11.7. The molecule has 14 heteroatoms. The van der Waals surface area contributed by atoms with E-state index in [0.29, 0.717) is 49.4 Å². The Balaban J connectivity index is 1.61. The van der Waals surface area contributed by atoms with Crippen LogP contribution in [0.25, 0.3) is 0 Å². The van der Waals surface area contributed by atoms with Gasteiger partial charge in [-0.15, -0.1) is 0 Å². The summed E-state index contributed by atoms with van der Waals surface area (Å²) in [6.07, 6.45) is -9.65. The molecule has 2 aliphatic rings. The molecule has 0 bridgehead atoms. The number of aryl methyl sites for hydroxylation is 1. The van der Waals surface area contributed by atoms with E-state index in [1.165, 1.54) is 44.0 Å². The molecule has 0 unspecified atom stereocenters. The van der Waals surface area contributed by atoms with E-state index in [-0.39, 0.29) is 42.8 Å². The topological polar surface area (TPSA) is 64.2 Å². The Morgan fingerprint density at radius 2 is 1.42 bits per heavy atom. The number of carbonyl (C=O) groups excluding carboxylic acids is 3. The number of amides is 4. The lowest BCUT2D eigenvalue weighted by molar-refractivity contribution is -0.143. The number of urea groups is 1. The second kappa shape index (κ2) is 12.9. The molecule has 4 rings (SSSR count).